The van der Waals surface area contributed by atoms with Crippen molar-refractivity contribution < 1.29 is 14.4 Å². The molecule has 0 aliphatic carbocycles. The van der Waals surface area contributed by atoms with Crippen LogP contribution < -0.4 is 0 Å². The molecule has 0 saturated carbocycles. The fraction of sp³-hybridized carbons (Fsp3) is 0.125. The SMILES string of the molecule is Cc1ccccc1[C](=O)[Sn]([Br])([C](=O)c1ccccc1C)[C](=O)c1ccccc1C. The van der Waals surface area contributed by atoms with E-state index in [1.54, 1.807) is 36.4 Å². The van der Waals surface area contributed by atoms with Gasteiger partial charge >= 0.3 is 182 Å². The molecule has 29 heavy (non-hydrogen) atoms. The molecule has 0 aromatic heterocycles. The van der Waals surface area contributed by atoms with E-state index in [-0.39, 0.29) is 11.4 Å². The van der Waals surface area contributed by atoms with Gasteiger partial charge in [0.15, 0.2) is 0 Å². The van der Waals surface area contributed by atoms with Crippen LogP contribution in [0.15, 0.2) is 72.8 Å². The van der Waals surface area contributed by atoms with Gasteiger partial charge in [-0.05, 0) is 0 Å². The van der Waals surface area contributed by atoms with Crippen LogP contribution in [0.4, 0.5) is 0 Å². The Morgan fingerprint density at radius 3 is 1.03 bits per heavy atom. The van der Waals surface area contributed by atoms with Crippen LogP contribution in [0.2, 0.25) is 0 Å². The van der Waals surface area contributed by atoms with Crippen LogP contribution in [0.1, 0.15) is 47.8 Å². The normalized spacial score (nSPS) is 11.2. The van der Waals surface area contributed by atoms with Gasteiger partial charge in [-0.3, -0.25) is 0 Å². The van der Waals surface area contributed by atoms with Gasteiger partial charge in [-0.15, -0.1) is 0 Å². The summed E-state index contributed by atoms with van der Waals surface area (Å²) in [5.41, 5.74) is 3.58. The molecule has 3 nitrogen and oxygen atoms in total. The molecule has 0 radical (unpaired) electrons. The molecule has 0 fully saturated rings. The average molecular weight is 556 g/mol. The molecule has 0 bridgehead atoms. The standard InChI is InChI=1S/3C8H7O.BrH.Sn/c3*1-7-4-2-3-5-8(7)6-9;;/h3*2-5H,1H3;1H;/q;;;;+1/p-1. The Hall–Kier alpha value is -2.05. The first-order chi connectivity index (χ1) is 13.8. The minimum atomic E-state index is -4.97. The van der Waals surface area contributed by atoms with Crippen LogP contribution in [0, 0.1) is 20.8 Å². The molecule has 0 aliphatic heterocycles. The third kappa shape index (κ3) is 4.01. The molecule has 5 heteroatoms. The van der Waals surface area contributed by atoms with Crippen LogP contribution in [0.3, 0.4) is 0 Å². The molecule has 146 valence electrons. The van der Waals surface area contributed by atoms with Crippen LogP contribution in [0.25, 0.3) is 0 Å². The number of benzene rings is 3. The van der Waals surface area contributed by atoms with Gasteiger partial charge in [0.2, 0.25) is 0 Å². The zero-order valence-corrected chi connectivity index (χ0v) is 21.0. The predicted molar refractivity (Wildman–Crippen MR) is 121 cm³/mol. The van der Waals surface area contributed by atoms with Gasteiger partial charge in [-0.1, -0.05) is 0 Å². The minimum absolute atomic E-state index is 0.348. The predicted octanol–water partition coefficient (Wildman–Crippen LogP) is 5.52. The number of carbonyl (C=O) groups is 3. The number of carbonyl (C=O) groups excluding carboxylic acids is 3. The number of hydrogen-bond donors (Lipinski definition) is 0. The summed E-state index contributed by atoms with van der Waals surface area (Å²) in [5, 5.41) is 0. The van der Waals surface area contributed by atoms with Crippen LogP contribution in [-0.2, 0) is 0 Å². The van der Waals surface area contributed by atoms with Crippen molar-refractivity contribution in [1.82, 2.24) is 0 Å². The van der Waals surface area contributed by atoms with E-state index in [0.717, 1.165) is 16.7 Å². The Bertz CT molecular complexity index is 981. The summed E-state index contributed by atoms with van der Waals surface area (Å²) >= 11 is -1.42. The fourth-order valence-electron chi connectivity index (χ4n) is 3.35. The quantitative estimate of drug-likeness (QED) is 0.376. The average Bonchev–Trinajstić information content (AvgIpc) is 2.72. The third-order valence-electron chi connectivity index (χ3n) is 5.11. The summed E-state index contributed by atoms with van der Waals surface area (Å²) in [5.74, 6) is 0. The van der Waals surface area contributed by atoms with Crippen molar-refractivity contribution in [1.29, 1.82) is 0 Å². The summed E-state index contributed by atoms with van der Waals surface area (Å²) in [6, 6.07) is 21.3. The monoisotopic (exact) mass is 556 g/mol. The molecule has 3 aromatic rings. The first-order valence-corrected chi connectivity index (χ1v) is 20.0. The van der Waals surface area contributed by atoms with E-state index in [4.69, 9.17) is 0 Å². The van der Waals surface area contributed by atoms with Crippen LogP contribution in [0.5, 0.6) is 0 Å². The Morgan fingerprint density at radius 2 is 0.793 bits per heavy atom. The van der Waals surface area contributed by atoms with Crippen molar-refractivity contribution in [2.75, 3.05) is 0 Å². The molecule has 0 unspecified atom stereocenters. The molecule has 0 N–H and O–H groups in total. The molecule has 0 saturated heterocycles. The second-order valence-electron chi connectivity index (χ2n) is 7.09. The first-order valence-electron chi connectivity index (χ1n) is 9.28. The summed E-state index contributed by atoms with van der Waals surface area (Å²) in [6.07, 6.45) is 0. The summed E-state index contributed by atoms with van der Waals surface area (Å²) < 4.78 is -1.04. The van der Waals surface area contributed by atoms with E-state index >= 15 is 0 Å². The topological polar surface area (TPSA) is 51.2 Å². The van der Waals surface area contributed by atoms with Crippen molar-refractivity contribution in [3.8, 4) is 0 Å². The fourth-order valence-corrected chi connectivity index (χ4v) is 15.0. The third-order valence-corrected chi connectivity index (χ3v) is 20.0. The number of halogens is 1. The number of aryl methyl sites for hydroxylation is 3. The molecular formula is C24H21BrO3Sn. The second-order valence-corrected chi connectivity index (χ2v) is 22.7. The Morgan fingerprint density at radius 1 is 0.552 bits per heavy atom. The van der Waals surface area contributed by atoms with Gasteiger partial charge in [-0.2, -0.15) is 0 Å². The van der Waals surface area contributed by atoms with Crippen molar-refractivity contribution >= 4 is 40.3 Å². The Kier molecular flexibility index (Phi) is 6.54. The van der Waals surface area contributed by atoms with Crippen molar-refractivity contribution in [2.24, 2.45) is 0 Å². The van der Waals surface area contributed by atoms with E-state index in [0.29, 0.717) is 16.7 Å². The Labute approximate surface area is 180 Å². The van der Waals surface area contributed by atoms with Crippen LogP contribution in [-0.4, -0.2) is 27.6 Å². The Balaban J connectivity index is 2.24. The van der Waals surface area contributed by atoms with E-state index in [2.05, 4.69) is 12.7 Å². The maximum atomic E-state index is 13.7. The second kappa shape index (κ2) is 8.76. The van der Waals surface area contributed by atoms with E-state index in [1.807, 2.05) is 57.2 Å². The maximum absolute atomic E-state index is 13.7. The number of hydrogen-bond acceptors (Lipinski definition) is 3. The molecular weight excluding hydrogens is 535 g/mol. The molecule has 0 aliphatic rings. The van der Waals surface area contributed by atoms with Gasteiger partial charge in [-0.25, -0.2) is 0 Å². The molecule has 0 spiro atoms. The van der Waals surface area contributed by atoms with Gasteiger partial charge in [0, 0.05) is 0 Å². The molecule has 3 aromatic carbocycles. The van der Waals surface area contributed by atoms with Crippen molar-refractivity contribution in [3.63, 3.8) is 0 Å². The van der Waals surface area contributed by atoms with Crippen LogP contribution >= 0.6 is 12.7 Å². The molecule has 0 heterocycles. The van der Waals surface area contributed by atoms with E-state index in [9.17, 15) is 14.4 Å². The molecule has 0 amide bonds. The van der Waals surface area contributed by atoms with E-state index in [1.165, 1.54) is 0 Å². The van der Waals surface area contributed by atoms with Gasteiger partial charge < -0.3 is 0 Å². The number of rotatable bonds is 6. The summed E-state index contributed by atoms with van der Waals surface area (Å²) in [6.45, 7) is 5.47. The van der Waals surface area contributed by atoms with Crippen molar-refractivity contribution in [2.45, 2.75) is 20.8 Å². The zero-order valence-electron chi connectivity index (χ0n) is 16.5. The van der Waals surface area contributed by atoms with Gasteiger partial charge in [0.1, 0.15) is 0 Å². The van der Waals surface area contributed by atoms with Gasteiger partial charge in [0.25, 0.3) is 0 Å². The molecule has 3 rings (SSSR count). The van der Waals surface area contributed by atoms with Crippen molar-refractivity contribution in [3.05, 3.63) is 106 Å². The zero-order chi connectivity index (χ0) is 21.2. The summed E-state index contributed by atoms with van der Waals surface area (Å²) in [7, 11) is 0. The first kappa shape index (κ1) is 21.7. The summed E-state index contributed by atoms with van der Waals surface area (Å²) in [4.78, 5) is 41.2. The van der Waals surface area contributed by atoms with E-state index < -0.39 is 16.2 Å². The molecule has 0 atom stereocenters. The van der Waals surface area contributed by atoms with Gasteiger partial charge in [0.05, 0.1) is 0 Å².